The van der Waals surface area contributed by atoms with Crippen molar-refractivity contribution in [1.82, 2.24) is 15.6 Å². The van der Waals surface area contributed by atoms with Crippen LogP contribution in [0.5, 0.6) is 5.75 Å². The molecule has 6 nitrogen and oxygen atoms in total. The lowest BCUT2D eigenvalue weighted by Gasteiger charge is -2.22. The second-order valence-electron chi connectivity index (χ2n) is 6.26. The summed E-state index contributed by atoms with van der Waals surface area (Å²) in [6.07, 6.45) is 2.86. The number of benzene rings is 1. The van der Waals surface area contributed by atoms with Crippen LogP contribution in [0.2, 0.25) is 0 Å². The largest absolute Gasteiger partial charge is 0.495 e. The third-order valence-corrected chi connectivity index (χ3v) is 4.42. The van der Waals surface area contributed by atoms with E-state index in [2.05, 4.69) is 44.6 Å². The number of pyridine rings is 1. The maximum absolute atomic E-state index is 5.50. The average Bonchev–Trinajstić information content (AvgIpc) is 3.15. The highest BCUT2D eigenvalue weighted by molar-refractivity contribution is 14.0. The van der Waals surface area contributed by atoms with Crippen LogP contribution < -0.4 is 20.3 Å². The van der Waals surface area contributed by atoms with Gasteiger partial charge in [-0.15, -0.1) is 24.0 Å². The quantitative estimate of drug-likeness (QED) is 0.378. The first-order valence-corrected chi connectivity index (χ1v) is 9.13. The summed E-state index contributed by atoms with van der Waals surface area (Å²) in [6.45, 7) is 5.40. The van der Waals surface area contributed by atoms with Crippen molar-refractivity contribution < 1.29 is 4.74 Å². The zero-order chi connectivity index (χ0) is 18.2. The summed E-state index contributed by atoms with van der Waals surface area (Å²) in [4.78, 5) is 11.4. The van der Waals surface area contributed by atoms with Gasteiger partial charge in [-0.2, -0.15) is 0 Å². The summed E-state index contributed by atoms with van der Waals surface area (Å²) < 4.78 is 5.50. The van der Waals surface area contributed by atoms with Gasteiger partial charge in [0, 0.05) is 31.9 Å². The fourth-order valence-electron chi connectivity index (χ4n) is 3.15. The minimum atomic E-state index is 0. The van der Waals surface area contributed by atoms with Gasteiger partial charge in [-0.3, -0.25) is 4.98 Å². The Labute approximate surface area is 178 Å². The Morgan fingerprint density at radius 3 is 2.81 bits per heavy atom. The van der Waals surface area contributed by atoms with E-state index in [1.54, 1.807) is 13.3 Å². The lowest BCUT2D eigenvalue weighted by atomic mass is 10.2. The number of anilines is 1. The van der Waals surface area contributed by atoms with Crippen molar-refractivity contribution in [3.05, 3.63) is 54.4 Å². The predicted octanol–water partition coefficient (Wildman–Crippen LogP) is 3.04. The van der Waals surface area contributed by atoms with Gasteiger partial charge in [0.2, 0.25) is 0 Å². The zero-order valence-electron chi connectivity index (χ0n) is 15.9. The number of hydrogen-bond acceptors (Lipinski definition) is 4. The normalized spacial score (nSPS) is 16.6. The lowest BCUT2D eigenvalue weighted by Crippen LogP contribution is -2.44. The van der Waals surface area contributed by atoms with Gasteiger partial charge in [-0.05, 0) is 37.6 Å². The number of methoxy groups -OCH3 is 1. The Kier molecular flexibility index (Phi) is 8.63. The van der Waals surface area contributed by atoms with E-state index in [4.69, 9.17) is 4.74 Å². The number of aliphatic imine (C=N–C) groups is 1. The van der Waals surface area contributed by atoms with Gasteiger partial charge in [0.25, 0.3) is 0 Å². The van der Waals surface area contributed by atoms with Gasteiger partial charge in [-0.1, -0.05) is 18.2 Å². The molecule has 2 aromatic rings. The van der Waals surface area contributed by atoms with Crippen LogP contribution >= 0.6 is 24.0 Å². The predicted molar refractivity (Wildman–Crippen MR) is 121 cm³/mol. The van der Waals surface area contributed by atoms with Gasteiger partial charge < -0.3 is 20.3 Å². The number of hydrogen-bond donors (Lipinski definition) is 2. The second-order valence-corrected chi connectivity index (χ2v) is 6.26. The van der Waals surface area contributed by atoms with Gasteiger partial charge in [0.05, 0.1) is 25.0 Å². The molecule has 0 amide bonds. The molecule has 0 saturated carbocycles. The monoisotopic (exact) mass is 481 g/mol. The summed E-state index contributed by atoms with van der Waals surface area (Å²) >= 11 is 0. The third kappa shape index (κ3) is 5.98. The Morgan fingerprint density at radius 1 is 1.26 bits per heavy atom. The first kappa shape index (κ1) is 21.3. The van der Waals surface area contributed by atoms with Crippen molar-refractivity contribution in [2.24, 2.45) is 4.99 Å². The van der Waals surface area contributed by atoms with Crippen LogP contribution in [0.25, 0.3) is 0 Å². The molecule has 3 rings (SSSR count). The van der Waals surface area contributed by atoms with E-state index >= 15 is 0 Å². The molecule has 0 spiro atoms. The molecule has 0 bridgehead atoms. The highest BCUT2D eigenvalue weighted by Crippen LogP contribution is 2.30. The number of aromatic nitrogens is 1. The number of ether oxygens (including phenoxy) is 1. The molecule has 1 aliphatic rings. The molecule has 2 N–H and O–H groups in total. The van der Waals surface area contributed by atoms with Crippen LogP contribution in [0.4, 0.5) is 5.69 Å². The van der Waals surface area contributed by atoms with E-state index in [1.165, 1.54) is 0 Å². The Balaban J connectivity index is 0.00000261. The van der Waals surface area contributed by atoms with Crippen molar-refractivity contribution in [1.29, 1.82) is 0 Å². The van der Waals surface area contributed by atoms with Gasteiger partial charge in [0.1, 0.15) is 5.75 Å². The third-order valence-electron chi connectivity index (χ3n) is 4.42. The molecular formula is C20H28IN5O. The van der Waals surface area contributed by atoms with E-state index in [9.17, 15) is 0 Å². The fraction of sp³-hybridized carbons (Fsp3) is 0.400. The lowest BCUT2D eigenvalue weighted by molar-refractivity contribution is 0.415. The molecule has 27 heavy (non-hydrogen) atoms. The Hall–Kier alpha value is -2.03. The van der Waals surface area contributed by atoms with Crippen LogP contribution in [0.15, 0.2) is 53.7 Å². The van der Waals surface area contributed by atoms with Gasteiger partial charge >= 0.3 is 0 Å². The maximum Gasteiger partial charge on any atom is 0.191 e. The number of rotatable bonds is 6. The molecule has 2 heterocycles. The van der Waals surface area contributed by atoms with Crippen LogP contribution in [0.3, 0.4) is 0 Å². The average molecular weight is 481 g/mol. The number of nitrogens with one attached hydrogen (secondary N) is 2. The molecule has 7 heteroatoms. The van der Waals surface area contributed by atoms with Gasteiger partial charge in [0.15, 0.2) is 5.96 Å². The number of para-hydroxylation sites is 2. The minimum absolute atomic E-state index is 0. The topological polar surface area (TPSA) is 61.8 Å². The molecule has 1 atom stereocenters. The zero-order valence-corrected chi connectivity index (χ0v) is 18.2. The van der Waals surface area contributed by atoms with E-state index < -0.39 is 0 Å². The molecule has 1 saturated heterocycles. The molecule has 0 radical (unpaired) electrons. The number of halogens is 1. The summed E-state index contributed by atoms with van der Waals surface area (Å²) in [5.41, 5.74) is 2.11. The van der Waals surface area contributed by atoms with E-state index in [1.807, 2.05) is 30.3 Å². The van der Waals surface area contributed by atoms with Crippen LogP contribution in [-0.2, 0) is 6.54 Å². The Morgan fingerprint density at radius 2 is 2.07 bits per heavy atom. The summed E-state index contributed by atoms with van der Waals surface area (Å²) in [5.74, 6) is 1.76. The Bertz CT molecular complexity index is 725. The SMILES string of the molecule is CCNC(=NCc1ccccn1)NC1CCN(c2ccccc2OC)C1.I. The van der Waals surface area contributed by atoms with Crippen LogP contribution in [-0.4, -0.2) is 43.7 Å². The number of nitrogens with zero attached hydrogens (tertiary/aromatic N) is 3. The van der Waals surface area contributed by atoms with Crippen molar-refractivity contribution in [3.8, 4) is 5.75 Å². The highest BCUT2D eigenvalue weighted by Gasteiger charge is 2.25. The van der Waals surface area contributed by atoms with Crippen molar-refractivity contribution in [2.45, 2.75) is 25.9 Å². The molecule has 1 unspecified atom stereocenters. The second kappa shape index (κ2) is 11.0. The van der Waals surface area contributed by atoms with E-state index in [0.29, 0.717) is 12.6 Å². The number of guanidine groups is 1. The summed E-state index contributed by atoms with van der Waals surface area (Å²) in [7, 11) is 1.72. The maximum atomic E-state index is 5.50. The van der Waals surface area contributed by atoms with Crippen molar-refractivity contribution >= 4 is 35.6 Å². The highest BCUT2D eigenvalue weighted by atomic mass is 127. The van der Waals surface area contributed by atoms with Crippen LogP contribution in [0, 0.1) is 0 Å². The van der Waals surface area contributed by atoms with Crippen molar-refractivity contribution in [3.63, 3.8) is 0 Å². The molecule has 0 aliphatic carbocycles. The first-order valence-electron chi connectivity index (χ1n) is 9.13. The smallest absolute Gasteiger partial charge is 0.191 e. The molecular weight excluding hydrogens is 453 g/mol. The molecule has 1 fully saturated rings. The summed E-state index contributed by atoms with van der Waals surface area (Å²) in [5, 5.41) is 6.88. The van der Waals surface area contributed by atoms with E-state index in [0.717, 1.165) is 49.1 Å². The minimum Gasteiger partial charge on any atom is -0.495 e. The molecule has 1 aromatic heterocycles. The van der Waals surface area contributed by atoms with Crippen molar-refractivity contribution in [2.75, 3.05) is 31.6 Å². The summed E-state index contributed by atoms with van der Waals surface area (Å²) in [6, 6.07) is 14.4. The van der Waals surface area contributed by atoms with Crippen LogP contribution in [0.1, 0.15) is 19.0 Å². The standard InChI is InChI=1S/C20H27N5O.HI/c1-3-21-20(23-14-16-8-6-7-12-22-16)24-17-11-13-25(15-17)18-9-4-5-10-19(18)26-2;/h4-10,12,17H,3,11,13-15H2,1-2H3,(H2,21,23,24);1H. The molecule has 1 aromatic carbocycles. The van der Waals surface area contributed by atoms with E-state index in [-0.39, 0.29) is 24.0 Å². The first-order chi connectivity index (χ1) is 12.8. The van der Waals surface area contributed by atoms with Gasteiger partial charge in [-0.25, -0.2) is 4.99 Å². The molecule has 146 valence electrons. The fourth-order valence-corrected chi connectivity index (χ4v) is 3.15. The molecule has 1 aliphatic heterocycles.